The second-order valence-corrected chi connectivity index (χ2v) is 6.36. The molecule has 0 spiro atoms. The second-order valence-electron chi connectivity index (χ2n) is 6.36. The van der Waals surface area contributed by atoms with Crippen LogP contribution in [-0.4, -0.2) is 23.9 Å². The maximum absolute atomic E-state index is 12.1. The Labute approximate surface area is 139 Å². The number of carbonyl (C=O) groups is 1. The summed E-state index contributed by atoms with van der Waals surface area (Å²) >= 11 is 0. The van der Waals surface area contributed by atoms with Gasteiger partial charge < -0.3 is 4.90 Å². The molecule has 1 amide bonds. The smallest absolute Gasteiger partial charge is 0.246 e. The number of nitrogens with zero attached hydrogens (tertiary/aromatic N) is 1. The third-order valence-corrected chi connectivity index (χ3v) is 4.18. The summed E-state index contributed by atoms with van der Waals surface area (Å²) in [5, 5.41) is 0. The van der Waals surface area contributed by atoms with E-state index in [1.165, 1.54) is 64.2 Å². The van der Waals surface area contributed by atoms with E-state index in [0.717, 1.165) is 25.9 Å². The minimum Gasteiger partial charge on any atom is -0.339 e. The lowest BCUT2D eigenvalue weighted by Crippen LogP contribution is -2.31. The predicted octanol–water partition coefficient (Wildman–Crippen LogP) is 6.11. The fourth-order valence-electron chi connectivity index (χ4n) is 2.75. The first-order valence-corrected chi connectivity index (χ1v) is 9.67. The molecule has 2 heteroatoms. The first kappa shape index (κ1) is 21.2. The van der Waals surface area contributed by atoms with Gasteiger partial charge in [-0.15, -0.1) is 0 Å². The number of hydrogen-bond donors (Lipinski definition) is 0. The van der Waals surface area contributed by atoms with Crippen LogP contribution >= 0.6 is 0 Å². The average Bonchev–Trinajstić information content (AvgIpc) is 2.52. The molecule has 2 nitrogen and oxygen atoms in total. The largest absolute Gasteiger partial charge is 0.339 e. The molecule has 0 heterocycles. The molecule has 0 aromatic rings. The molecule has 0 bridgehead atoms. The van der Waals surface area contributed by atoms with Crippen LogP contribution in [0.5, 0.6) is 0 Å². The topological polar surface area (TPSA) is 20.3 Å². The third kappa shape index (κ3) is 12.9. The summed E-state index contributed by atoms with van der Waals surface area (Å²) in [4.78, 5) is 14.2. The fraction of sp³-hybridized carbons (Fsp3) is 0.850. The van der Waals surface area contributed by atoms with Crippen molar-refractivity contribution in [2.45, 2.75) is 97.8 Å². The van der Waals surface area contributed by atoms with E-state index in [4.69, 9.17) is 0 Å². The van der Waals surface area contributed by atoms with Crippen LogP contribution in [0.1, 0.15) is 97.8 Å². The zero-order chi connectivity index (χ0) is 16.5. The number of amides is 1. The van der Waals surface area contributed by atoms with E-state index in [9.17, 15) is 4.79 Å². The Bertz CT molecular complexity index is 257. The Morgan fingerprint density at radius 2 is 1.14 bits per heavy atom. The molecule has 0 saturated heterocycles. The van der Waals surface area contributed by atoms with Gasteiger partial charge >= 0.3 is 0 Å². The van der Waals surface area contributed by atoms with E-state index in [2.05, 4.69) is 18.7 Å². The van der Waals surface area contributed by atoms with Gasteiger partial charge in [0, 0.05) is 13.1 Å². The minimum atomic E-state index is 0.199. The second kappa shape index (κ2) is 16.6. The molecule has 0 atom stereocenters. The van der Waals surface area contributed by atoms with Gasteiger partial charge in [0.2, 0.25) is 5.91 Å². The van der Waals surface area contributed by atoms with Crippen molar-refractivity contribution in [3.63, 3.8) is 0 Å². The van der Waals surface area contributed by atoms with Crippen LogP contribution in [0.25, 0.3) is 0 Å². The van der Waals surface area contributed by atoms with E-state index >= 15 is 0 Å². The summed E-state index contributed by atoms with van der Waals surface area (Å²) in [5.74, 6) is 0.199. The maximum Gasteiger partial charge on any atom is 0.246 e. The Morgan fingerprint density at radius 1 is 0.727 bits per heavy atom. The minimum absolute atomic E-state index is 0.199. The van der Waals surface area contributed by atoms with Crippen LogP contribution in [0.15, 0.2) is 12.2 Å². The summed E-state index contributed by atoms with van der Waals surface area (Å²) in [7, 11) is 0. The lowest BCUT2D eigenvalue weighted by atomic mass is 10.1. The highest BCUT2D eigenvalue weighted by molar-refractivity contribution is 5.87. The molecule has 0 aromatic carbocycles. The summed E-state index contributed by atoms with van der Waals surface area (Å²) < 4.78 is 0. The third-order valence-electron chi connectivity index (χ3n) is 4.18. The SMILES string of the molecule is CC=CC(=O)N(CCCCCCCC)CCCCCCCC. The molecule has 0 unspecified atom stereocenters. The van der Waals surface area contributed by atoms with E-state index in [0.29, 0.717) is 0 Å². The van der Waals surface area contributed by atoms with E-state index in [1.54, 1.807) is 6.08 Å². The van der Waals surface area contributed by atoms with E-state index in [-0.39, 0.29) is 5.91 Å². The van der Waals surface area contributed by atoms with Crippen molar-refractivity contribution in [3.8, 4) is 0 Å². The normalized spacial score (nSPS) is 11.2. The number of hydrogen-bond acceptors (Lipinski definition) is 1. The summed E-state index contributed by atoms with van der Waals surface area (Å²) in [6.07, 6.45) is 19.0. The van der Waals surface area contributed by atoms with Crippen LogP contribution in [0.4, 0.5) is 0 Å². The molecule has 130 valence electrons. The Hall–Kier alpha value is -0.790. The van der Waals surface area contributed by atoms with Gasteiger partial charge in [0.05, 0.1) is 0 Å². The highest BCUT2D eigenvalue weighted by Crippen LogP contribution is 2.09. The van der Waals surface area contributed by atoms with Crippen molar-refractivity contribution in [1.29, 1.82) is 0 Å². The van der Waals surface area contributed by atoms with Crippen molar-refractivity contribution in [2.24, 2.45) is 0 Å². The van der Waals surface area contributed by atoms with Gasteiger partial charge in [-0.25, -0.2) is 0 Å². The molecular formula is C20H39NO. The quantitative estimate of drug-likeness (QED) is 0.264. The highest BCUT2D eigenvalue weighted by Gasteiger charge is 2.09. The Morgan fingerprint density at radius 3 is 1.55 bits per heavy atom. The average molecular weight is 310 g/mol. The summed E-state index contributed by atoms with van der Waals surface area (Å²) in [5.41, 5.74) is 0. The van der Waals surface area contributed by atoms with Gasteiger partial charge in [-0.2, -0.15) is 0 Å². The number of unbranched alkanes of at least 4 members (excludes halogenated alkanes) is 10. The number of allylic oxidation sites excluding steroid dienone is 1. The van der Waals surface area contributed by atoms with Crippen molar-refractivity contribution in [3.05, 3.63) is 12.2 Å². The molecule has 0 fully saturated rings. The zero-order valence-electron chi connectivity index (χ0n) is 15.4. The van der Waals surface area contributed by atoms with Crippen LogP contribution in [-0.2, 0) is 4.79 Å². The van der Waals surface area contributed by atoms with Gasteiger partial charge in [0.25, 0.3) is 0 Å². The first-order valence-electron chi connectivity index (χ1n) is 9.67. The van der Waals surface area contributed by atoms with E-state index < -0.39 is 0 Å². The molecular weight excluding hydrogens is 270 g/mol. The lowest BCUT2D eigenvalue weighted by Gasteiger charge is -2.21. The Balaban J connectivity index is 3.87. The van der Waals surface area contributed by atoms with Crippen LogP contribution in [0.2, 0.25) is 0 Å². The van der Waals surface area contributed by atoms with Gasteiger partial charge in [0.1, 0.15) is 0 Å². The van der Waals surface area contributed by atoms with Crippen molar-refractivity contribution < 1.29 is 4.79 Å². The standard InChI is InChI=1S/C20H39NO/c1-4-7-9-11-13-15-18-21(20(22)17-6-3)19-16-14-12-10-8-5-2/h6,17H,4-5,7-16,18-19H2,1-3H3. The van der Waals surface area contributed by atoms with Crippen molar-refractivity contribution in [1.82, 2.24) is 4.90 Å². The van der Waals surface area contributed by atoms with Crippen molar-refractivity contribution >= 4 is 5.91 Å². The fourth-order valence-corrected chi connectivity index (χ4v) is 2.75. The predicted molar refractivity (Wildman–Crippen MR) is 98.1 cm³/mol. The lowest BCUT2D eigenvalue weighted by molar-refractivity contribution is -0.126. The van der Waals surface area contributed by atoms with Crippen LogP contribution in [0.3, 0.4) is 0 Å². The summed E-state index contributed by atoms with van der Waals surface area (Å²) in [6, 6.07) is 0. The molecule has 0 saturated carbocycles. The molecule has 0 rings (SSSR count). The van der Waals surface area contributed by atoms with Gasteiger partial charge in [-0.3, -0.25) is 4.79 Å². The van der Waals surface area contributed by atoms with Crippen LogP contribution < -0.4 is 0 Å². The number of carbonyl (C=O) groups excluding carboxylic acids is 1. The van der Waals surface area contributed by atoms with Crippen molar-refractivity contribution in [2.75, 3.05) is 13.1 Å². The van der Waals surface area contributed by atoms with Crippen LogP contribution in [0, 0.1) is 0 Å². The molecule has 0 aliphatic carbocycles. The van der Waals surface area contributed by atoms with Gasteiger partial charge in [-0.05, 0) is 25.8 Å². The highest BCUT2D eigenvalue weighted by atomic mass is 16.2. The maximum atomic E-state index is 12.1. The van der Waals surface area contributed by atoms with Gasteiger partial charge in [0.15, 0.2) is 0 Å². The monoisotopic (exact) mass is 309 g/mol. The molecule has 0 radical (unpaired) electrons. The molecule has 0 aliphatic heterocycles. The zero-order valence-corrected chi connectivity index (χ0v) is 15.4. The van der Waals surface area contributed by atoms with E-state index in [1.807, 2.05) is 13.0 Å². The molecule has 0 aromatic heterocycles. The van der Waals surface area contributed by atoms with Gasteiger partial charge in [-0.1, -0.05) is 84.1 Å². The molecule has 0 N–H and O–H groups in total. The summed E-state index contributed by atoms with van der Waals surface area (Å²) in [6.45, 7) is 8.29. The molecule has 22 heavy (non-hydrogen) atoms. The first-order chi connectivity index (χ1) is 10.8. The Kier molecular flexibility index (Phi) is 16.0. The molecule has 0 aliphatic rings. The number of rotatable bonds is 15.